The number of hydrogen-bond donors (Lipinski definition) is 1. The van der Waals surface area contributed by atoms with Crippen molar-refractivity contribution in [2.45, 2.75) is 27.3 Å². The topological polar surface area (TPSA) is 45.4 Å². The lowest BCUT2D eigenvalue weighted by Crippen LogP contribution is -2.48. The Hall–Kier alpha value is -1.13. The summed E-state index contributed by atoms with van der Waals surface area (Å²) in [5.41, 5.74) is 8.05. The summed E-state index contributed by atoms with van der Waals surface area (Å²) in [6.07, 6.45) is 0. The molecule has 0 aliphatic carbocycles. The number of nitrogens with two attached hydrogens (primary N) is 1. The van der Waals surface area contributed by atoms with Gasteiger partial charge in [-0.25, -0.2) is 4.98 Å². The Kier molecular flexibility index (Phi) is 4.77. The van der Waals surface area contributed by atoms with Crippen molar-refractivity contribution in [3.8, 4) is 0 Å². The number of nitrogens with zero attached hydrogens (tertiary/aromatic N) is 3. The summed E-state index contributed by atoms with van der Waals surface area (Å²) in [7, 11) is 0. The van der Waals surface area contributed by atoms with Crippen LogP contribution in [-0.4, -0.2) is 42.6 Å². The van der Waals surface area contributed by atoms with Crippen LogP contribution in [0.5, 0.6) is 0 Å². The molecule has 0 radical (unpaired) electrons. The summed E-state index contributed by atoms with van der Waals surface area (Å²) in [6.45, 7) is 12.7. The molecule has 2 N–H and O–H groups in total. The van der Waals surface area contributed by atoms with Crippen LogP contribution in [0.3, 0.4) is 0 Å². The molecule has 0 saturated carbocycles. The first-order valence-corrected chi connectivity index (χ1v) is 7.24. The van der Waals surface area contributed by atoms with E-state index in [4.69, 9.17) is 5.73 Å². The molecule has 0 bridgehead atoms. The molecular weight excluding hydrogens is 236 g/mol. The molecule has 0 unspecified atom stereocenters. The maximum Gasteiger partial charge on any atom is 0.133 e. The molecule has 1 saturated heterocycles. The Morgan fingerprint density at radius 1 is 1.21 bits per heavy atom. The lowest BCUT2D eigenvalue weighted by atomic mass is 10.1. The second kappa shape index (κ2) is 6.35. The van der Waals surface area contributed by atoms with Crippen molar-refractivity contribution >= 4 is 5.82 Å². The van der Waals surface area contributed by atoms with Crippen LogP contribution in [0.2, 0.25) is 0 Å². The van der Waals surface area contributed by atoms with Crippen LogP contribution in [0.1, 0.15) is 25.1 Å². The standard InChI is InChI=1S/C15H26N4/c1-12(2)11-18-6-8-19(9-7-18)15-14(10-16)5-4-13(3)17-15/h4-5,12H,6-11,16H2,1-3H3. The van der Waals surface area contributed by atoms with Crippen molar-refractivity contribution in [2.24, 2.45) is 11.7 Å². The van der Waals surface area contributed by atoms with Gasteiger partial charge < -0.3 is 10.6 Å². The molecule has 0 amide bonds. The fraction of sp³-hybridized carbons (Fsp3) is 0.667. The Bertz CT molecular complexity index is 409. The molecule has 106 valence electrons. The van der Waals surface area contributed by atoms with Crippen molar-refractivity contribution in [1.29, 1.82) is 0 Å². The third-order valence-electron chi connectivity index (χ3n) is 3.61. The number of rotatable bonds is 4. The summed E-state index contributed by atoms with van der Waals surface area (Å²) in [5, 5.41) is 0. The van der Waals surface area contributed by atoms with E-state index < -0.39 is 0 Å². The van der Waals surface area contributed by atoms with E-state index in [1.54, 1.807) is 0 Å². The van der Waals surface area contributed by atoms with Crippen molar-refractivity contribution in [2.75, 3.05) is 37.6 Å². The van der Waals surface area contributed by atoms with Gasteiger partial charge in [-0.05, 0) is 18.9 Å². The molecule has 0 atom stereocenters. The molecule has 2 rings (SSSR count). The predicted octanol–water partition coefficient (Wildman–Crippen LogP) is 1.63. The number of piperazine rings is 1. The van der Waals surface area contributed by atoms with Gasteiger partial charge in [-0.15, -0.1) is 0 Å². The van der Waals surface area contributed by atoms with E-state index in [1.807, 2.05) is 13.0 Å². The third kappa shape index (κ3) is 3.67. The summed E-state index contributed by atoms with van der Waals surface area (Å²) in [6, 6.07) is 4.15. The maximum atomic E-state index is 5.82. The Labute approximate surface area is 116 Å². The summed E-state index contributed by atoms with van der Waals surface area (Å²) in [5.74, 6) is 1.83. The Morgan fingerprint density at radius 2 is 1.89 bits per heavy atom. The van der Waals surface area contributed by atoms with Crippen LogP contribution >= 0.6 is 0 Å². The maximum absolute atomic E-state index is 5.82. The van der Waals surface area contributed by atoms with E-state index in [0.717, 1.165) is 49.2 Å². The lowest BCUT2D eigenvalue weighted by Gasteiger charge is -2.37. The van der Waals surface area contributed by atoms with Crippen LogP contribution in [0.4, 0.5) is 5.82 Å². The van der Waals surface area contributed by atoms with E-state index in [0.29, 0.717) is 6.54 Å². The third-order valence-corrected chi connectivity index (χ3v) is 3.61. The SMILES string of the molecule is Cc1ccc(CN)c(N2CCN(CC(C)C)CC2)n1. The molecule has 1 aromatic heterocycles. The monoisotopic (exact) mass is 262 g/mol. The minimum atomic E-state index is 0.564. The molecule has 4 heteroatoms. The molecule has 1 aromatic rings. The zero-order chi connectivity index (χ0) is 13.8. The molecular formula is C15H26N4. The zero-order valence-corrected chi connectivity index (χ0v) is 12.4. The second-order valence-corrected chi connectivity index (χ2v) is 5.82. The quantitative estimate of drug-likeness (QED) is 0.896. The Balaban J connectivity index is 2.03. The van der Waals surface area contributed by atoms with Gasteiger partial charge in [0, 0.05) is 50.5 Å². The minimum absolute atomic E-state index is 0.564. The average molecular weight is 262 g/mol. The minimum Gasteiger partial charge on any atom is -0.354 e. The first-order valence-electron chi connectivity index (χ1n) is 7.24. The molecule has 1 fully saturated rings. The smallest absolute Gasteiger partial charge is 0.133 e. The number of anilines is 1. The van der Waals surface area contributed by atoms with E-state index in [2.05, 4.69) is 34.7 Å². The van der Waals surface area contributed by atoms with Crippen LogP contribution in [0, 0.1) is 12.8 Å². The highest BCUT2D eigenvalue weighted by Gasteiger charge is 2.20. The lowest BCUT2D eigenvalue weighted by molar-refractivity contribution is 0.231. The van der Waals surface area contributed by atoms with Crippen LogP contribution in [-0.2, 0) is 6.54 Å². The molecule has 0 aromatic carbocycles. The van der Waals surface area contributed by atoms with Crippen molar-refractivity contribution < 1.29 is 0 Å². The highest BCUT2D eigenvalue weighted by Crippen LogP contribution is 2.20. The fourth-order valence-electron chi connectivity index (χ4n) is 2.66. The van der Waals surface area contributed by atoms with Gasteiger partial charge in [0.1, 0.15) is 5.82 Å². The van der Waals surface area contributed by atoms with Gasteiger partial charge in [0.15, 0.2) is 0 Å². The summed E-state index contributed by atoms with van der Waals surface area (Å²) in [4.78, 5) is 9.60. The molecule has 19 heavy (non-hydrogen) atoms. The van der Waals surface area contributed by atoms with E-state index in [1.165, 1.54) is 6.54 Å². The molecule has 2 heterocycles. The van der Waals surface area contributed by atoms with Gasteiger partial charge in [0.05, 0.1) is 0 Å². The number of hydrogen-bond acceptors (Lipinski definition) is 4. The van der Waals surface area contributed by atoms with Gasteiger partial charge in [-0.2, -0.15) is 0 Å². The largest absolute Gasteiger partial charge is 0.354 e. The van der Waals surface area contributed by atoms with Crippen LogP contribution in [0.15, 0.2) is 12.1 Å². The average Bonchev–Trinajstić information content (AvgIpc) is 2.39. The fourth-order valence-corrected chi connectivity index (χ4v) is 2.66. The van der Waals surface area contributed by atoms with E-state index >= 15 is 0 Å². The van der Waals surface area contributed by atoms with Gasteiger partial charge in [-0.3, -0.25) is 4.90 Å². The molecule has 1 aliphatic rings. The van der Waals surface area contributed by atoms with Gasteiger partial charge in [0.2, 0.25) is 0 Å². The summed E-state index contributed by atoms with van der Waals surface area (Å²) < 4.78 is 0. The van der Waals surface area contributed by atoms with Crippen molar-refractivity contribution in [3.63, 3.8) is 0 Å². The normalized spacial score (nSPS) is 17.2. The highest BCUT2D eigenvalue weighted by molar-refractivity contribution is 5.48. The van der Waals surface area contributed by atoms with Gasteiger partial charge in [0.25, 0.3) is 0 Å². The first-order chi connectivity index (χ1) is 9.10. The van der Waals surface area contributed by atoms with Gasteiger partial charge in [-0.1, -0.05) is 19.9 Å². The van der Waals surface area contributed by atoms with Crippen LogP contribution < -0.4 is 10.6 Å². The highest BCUT2D eigenvalue weighted by atomic mass is 15.3. The number of pyridine rings is 1. The van der Waals surface area contributed by atoms with E-state index in [-0.39, 0.29) is 0 Å². The van der Waals surface area contributed by atoms with Crippen LogP contribution in [0.25, 0.3) is 0 Å². The summed E-state index contributed by atoms with van der Waals surface area (Å²) >= 11 is 0. The zero-order valence-electron chi connectivity index (χ0n) is 12.4. The first kappa shape index (κ1) is 14.3. The Morgan fingerprint density at radius 3 is 2.47 bits per heavy atom. The molecule has 1 aliphatic heterocycles. The number of aromatic nitrogens is 1. The molecule has 4 nitrogen and oxygen atoms in total. The number of aryl methyl sites for hydroxylation is 1. The predicted molar refractivity (Wildman–Crippen MR) is 80.4 cm³/mol. The van der Waals surface area contributed by atoms with Gasteiger partial charge >= 0.3 is 0 Å². The molecule has 0 spiro atoms. The second-order valence-electron chi connectivity index (χ2n) is 5.82. The van der Waals surface area contributed by atoms with Crippen molar-refractivity contribution in [3.05, 3.63) is 23.4 Å². The van der Waals surface area contributed by atoms with E-state index in [9.17, 15) is 0 Å². The van der Waals surface area contributed by atoms with Crippen molar-refractivity contribution in [1.82, 2.24) is 9.88 Å².